The van der Waals surface area contributed by atoms with Crippen LogP contribution in [0.2, 0.25) is 0 Å². The Morgan fingerprint density at radius 1 is 0.897 bits per heavy atom. The van der Waals surface area contributed by atoms with Crippen molar-refractivity contribution < 1.29 is 16.8 Å². The highest BCUT2D eigenvalue weighted by molar-refractivity contribution is 7.92. The number of aryl methyl sites for hydroxylation is 2. The highest BCUT2D eigenvalue weighted by atomic mass is 32.2. The lowest BCUT2D eigenvalue weighted by Gasteiger charge is -2.12. The summed E-state index contributed by atoms with van der Waals surface area (Å²) in [6.07, 6.45) is 0. The number of hydrogen-bond acceptors (Lipinski definition) is 6. The minimum Gasteiger partial charge on any atom is -0.280 e. The number of aromatic nitrogens is 2. The van der Waals surface area contributed by atoms with Gasteiger partial charge < -0.3 is 0 Å². The van der Waals surface area contributed by atoms with Crippen molar-refractivity contribution in [1.29, 1.82) is 0 Å². The zero-order chi connectivity index (χ0) is 21.2. The Labute approximate surface area is 170 Å². The number of nitrogens with one attached hydrogen (secondary N) is 1. The van der Waals surface area contributed by atoms with E-state index in [1.54, 1.807) is 49.4 Å². The van der Waals surface area contributed by atoms with Crippen molar-refractivity contribution >= 4 is 25.5 Å². The summed E-state index contributed by atoms with van der Waals surface area (Å²) < 4.78 is 51.8. The van der Waals surface area contributed by atoms with Gasteiger partial charge in [0.15, 0.2) is 14.9 Å². The van der Waals surface area contributed by atoms with Crippen molar-refractivity contribution in [3.63, 3.8) is 0 Å². The summed E-state index contributed by atoms with van der Waals surface area (Å²) in [6.45, 7) is 5.19. The molecule has 9 heteroatoms. The van der Waals surface area contributed by atoms with Crippen molar-refractivity contribution in [3.8, 4) is 11.3 Å². The molecule has 0 bridgehead atoms. The summed E-state index contributed by atoms with van der Waals surface area (Å²) in [6, 6.07) is 14.8. The van der Waals surface area contributed by atoms with Crippen LogP contribution in [0.15, 0.2) is 64.5 Å². The maximum absolute atomic E-state index is 12.8. The lowest BCUT2D eigenvalue weighted by molar-refractivity contribution is 0.591. The number of sulfone groups is 1. The molecule has 0 saturated carbocycles. The molecule has 0 saturated heterocycles. The van der Waals surface area contributed by atoms with E-state index in [-0.39, 0.29) is 15.7 Å². The molecule has 0 atom stereocenters. The fourth-order valence-corrected chi connectivity index (χ4v) is 4.85. The third-order valence-electron chi connectivity index (χ3n) is 4.37. The van der Waals surface area contributed by atoms with Crippen LogP contribution in [0, 0.1) is 13.8 Å². The number of hydrogen-bond donors (Lipinski definition) is 1. The number of rotatable bonds is 6. The van der Waals surface area contributed by atoms with Gasteiger partial charge in [0.2, 0.25) is 0 Å². The van der Waals surface area contributed by atoms with Gasteiger partial charge in [0.1, 0.15) is 0 Å². The Hall–Kier alpha value is -2.78. The first-order chi connectivity index (χ1) is 13.6. The summed E-state index contributed by atoms with van der Waals surface area (Å²) in [4.78, 5) is 0.211. The van der Waals surface area contributed by atoms with Gasteiger partial charge >= 0.3 is 0 Å². The van der Waals surface area contributed by atoms with Crippen molar-refractivity contribution in [1.82, 2.24) is 10.2 Å². The lowest BCUT2D eigenvalue weighted by Crippen LogP contribution is -2.14. The fraction of sp³-hybridized carbons (Fsp3) is 0.200. The number of benzene rings is 2. The molecule has 0 spiro atoms. The molecule has 1 aromatic heterocycles. The minimum atomic E-state index is -3.75. The van der Waals surface area contributed by atoms with Crippen LogP contribution in [-0.4, -0.2) is 32.8 Å². The molecular formula is C20H21N3O4S2. The second-order valence-corrected chi connectivity index (χ2v) is 10.5. The van der Waals surface area contributed by atoms with E-state index in [4.69, 9.17) is 0 Å². The van der Waals surface area contributed by atoms with Gasteiger partial charge in [-0.15, -0.1) is 10.2 Å². The maximum atomic E-state index is 12.8. The van der Waals surface area contributed by atoms with Crippen LogP contribution < -0.4 is 4.72 Å². The molecule has 1 heterocycles. The van der Waals surface area contributed by atoms with Gasteiger partial charge in [-0.3, -0.25) is 4.72 Å². The van der Waals surface area contributed by atoms with Gasteiger partial charge in [-0.1, -0.05) is 36.8 Å². The molecule has 3 rings (SSSR count). The first kappa shape index (κ1) is 20.9. The minimum absolute atomic E-state index is 0.0588. The first-order valence-electron chi connectivity index (χ1n) is 8.89. The van der Waals surface area contributed by atoms with E-state index in [9.17, 15) is 16.8 Å². The van der Waals surface area contributed by atoms with Gasteiger partial charge in [-0.25, -0.2) is 16.8 Å². The van der Waals surface area contributed by atoms with Crippen molar-refractivity contribution in [2.45, 2.75) is 30.7 Å². The van der Waals surface area contributed by atoms with Gasteiger partial charge in [0.25, 0.3) is 10.0 Å². The molecule has 3 aromatic rings. The molecule has 0 aliphatic heterocycles. The molecular weight excluding hydrogens is 410 g/mol. The van der Waals surface area contributed by atoms with Crippen LogP contribution in [-0.2, 0) is 19.9 Å². The number of sulfonamides is 1. The van der Waals surface area contributed by atoms with Crippen molar-refractivity contribution in [3.05, 3.63) is 65.7 Å². The quantitative estimate of drug-likeness (QED) is 0.641. The van der Waals surface area contributed by atoms with E-state index >= 15 is 0 Å². The van der Waals surface area contributed by atoms with Crippen LogP contribution in [0.3, 0.4) is 0 Å². The Morgan fingerprint density at radius 2 is 1.66 bits per heavy atom. The predicted octanol–water partition coefficient (Wildman–Crippen LogP) is 3.35. The van der Waals surface area contributed by atoms with Gasteiger partial charge in [-0.05, 0) is 49.7 Å². The van der Waals surface area contributed by atoms with E-state index in [0.717, 1.165) is 5.56 Å². The molecule has 0 aliphatic rings. The molecule has 0 aliphatic carbocycles. The van der Waals surface area contributed by atoms with Crippen LogP contribution >= 0.6 is 0 Å². The molecule has 0 amide bonds. The third kappa shape index (κ3) is 4.63. The highest BCUT2D eigenvalue weighted by Gasteiger charge is 2.18. The first-order valence-corrected chi connectivity index (χ1v) is 12.0. The van der Waals surface area contributed by atoms with Crippen molar-refractivity contribution in [2.24, 2.45) is 0 Å². The van der Waals surface area contributed by atoms with Gasteiger partial charge in [0.05, 0.1) is 16.3 Å². The summed E-state index contributed by atoms with van der Waals surface area (Å²) in [5.74, 6) is -0.0588. The predicted molar refractivity (Wildman–Crippen MR) is 112 cm³/mol. The average Bonchev–Trinajstić information content (AvgIpc) is 2.67. The molecule has 7 nitrogen and oxygen atoms in total. The van der Waals surface area contributed by atoms with E-state index in [1.165, 1.54) is 13.0 Å². The summed E-state index contributed by atoms with van der Waals surface area (Å²) in [5, 5.41) is 7.68. The molecule has 1 N–H and O–H groups in total. The Bertz CT molecular complexity index is 1250. The van der Waals surface area contributed by atoms with E-state index < -0.39 is 19.9 Å². The topological polar surface area (TPSA) is 106 Å². The van der Waals surface area contributed by atoms with Crippen LogP contribution in [0.4, 0.5) is 5.69 Å². The zero-order valence-electron chi connectivity index (χ0n) is 16.2. The maximum Gasteiger partial charge on any atom is 0.262 e. The SMILES string of the molecule is CCS(=O)(=O)c1ccc(-c2cccc(NS(=O)(=O)c3ccc(C)cc3C)c2)nn1. The second-order valence-electron chi connectivity index (χ2n) is 6.62. The number of nitrogens with zero attached hydrogens (tertiary/aromatic N) is 2. The molecule has 0 unspecified atom stereocenters. The Kier molecular flexibility index (Phi) is 5.72. The van der Waals surface area contributed by atoms with E-state index in [0.29, 0.717) is 22.5 Å². The van der Waals surface area contributed by atoms with E-state index in [2.05, 4.69) is 14.9 Å². The largest absolute Gasteiger partial charge is 0.280 e. The Morgan fingerprint density at radius 3 is 2.28 bits per heavy atom. The zero-order valence-corrected chi connectivity index (χ0v) is 17.9. The molecule has 152 valence electrons. The fourth-order valence-electron chi connectivity index (χ4n) is 2.84. The Balaban J connectivity index is 1.90. The standard InChI is InChI=1S/C20H21N3O4S2/c1-4-28(24,25)20-11-9-18(21-22-20)16-6-5-7-17(13-16)23-29(26,27)19-10-8-14(2)12-15(19)3/h5-13,23H,4H2,1-3H3. The monoisotopic (exact) mass is 431 g/mol. The van der Waals surface area contributed by atoms with Gasteiger partial charge in [-0.2, -0.15) is 0 Å². The van der Waals surface area contributed by atoms with Crippen LogP contribution in [0.1, 0.15) is 18.1 Å². The molecule has 0 fully saturated rings. The molecule has 2 aromatic carbocycles. The highest BCUT2D eigenvalue weighted by Crippen LogP contribution is 2.24. The normalized spacial score (nSPS) is 12.0. The average molecular weight is 432 g/mol. The summed E-state index contributed by atoms with van der Waals surface area (Å²) >= 11 is 0. The number of anilines is 1. The van der Waals surface area contributed by atoms with Gasteiger partial charge in [0, 0.05) is 11.3 Å². The summed E-state index contributed by atoms with van der Waals surface area (Å²) in [5.41, 5.74) is 3.06. The lowest BCUT2D eigenvalue weighted by atomic mass is 10.1. The molecule has 0 radical (unpaired) electrons. The van der Waals surface area contributed by atoms with Crippen LogP contribution in [0.5, 0.6) is 0 Å². The third-order valence-corrected chi connectivity index (χ3v) is 7.53. The smallest absolute Gasteiger partial charge is 0.262 e. The second kappa shape index (κ2) is 7.92. The van der Waals surface area contributed by atoms with Crippen molar-refractivity contribution in [2.75, 3.05) is 10.5 Å². The van der Waals surface area contributed by atoms with E-state index in [1.807, 2.05) is 13.0 Å². The molecule has 29 heavy (non-hydrogen) atoms. The van der Waals surface area contributed by atoms with Crippen LogP contribution in [0.25, 0.3) is 11.3 Å². The summed E-state index contributed by atoms with van der Waals surface area (Å²) in [7, 11) is -7.19.